The zero-order chi connectivity index (χ0) is 18.2. The van der Waals surface area contributed by atoms with Gasteiger partial charge in [0.1, 0.15) is 0 Å². The summed E-state index contributed by atoms with van der Waals surface area (Å²) in [5.41, 5.74) is 7.22. The third kappa shape index (κ3) is 5.98. The van der Waals surface area contributed by atoms with Gasteiger partial charge in [-0.1, -0.05) is 30.3 Å². The van der Waals surface area contributed by atoms with E-state index in [1.54, 1.807) is 24.3 Å². The fraction of sp³-hybridized carbons (Fsp3) is 0.167. The van der Waals surface area contributed by atoms with Crippen molar-refractivity contribution in [2.24, 2.45) is 5.73 Å². The summed E-state index contributed by atoms with van der Waals surface area (Å²) in [6.45, 7) is 1.42. The van der Waals surface area contributed by atoms with Crippen molar-refractivity contribution < 1.29 is 14.4 Å². The summed E-state index contributed by atoms with van der Waals surface area (Å²) in [7, 11) is 0. The Kier molecular flexibility index (Phi) is 6.11. The first-order valence-corrected chi connectivity index (χ1v) is 7.72. The van der Waals surface area contributed by atoms with Crippen molar-refractivity contribution in [3.8, 4) is 0 Å². The molecule has 2 rings (SSSR count). The number of benzene rings is 2. The molecule has 0 spiro atoms. The van der Waals surface area contributed by atoms with Gasteiger partial charge in [0.05, 0.1) is 12.5 Å². The molecule has 1 unspecified atom stereocenters. The minimum Gasteiger partial charge on any atom is -0.352 e. The van der Waals surface area contributed by atoms with Gasteiger partial charge in [-0.3, -0.25) is 9.59 Å². The number of carbonyl (C=O) groups excluding carboxylic acids is 3. The standard InChI is InChI=1S/C18H20N4O3/c1-12(23)20-14-7-9-15(10-8-14)21-17(24)11-16(22-18(19)25)13-5-3-2-4-6-13/h2-10,16H,11H2,1H3,(H,20,23)(H,21,24)(H3,19,22,25). The van der Waals surface area contributed by atoms with E-state index < -0.39 is 12.1 Å². The van der Waals surface area contributed by atoms with E-state index in [0.29, 0.717) is 11.4 Å². The van der Waals surface area contributed by atoms with E-state index in [1.165, 1.54) is 6.92 Å². The van der Waals surface area contributed by atoms with Gasteiger partial charge in [0.15, 0.2) is 0 Å². The number of nitrogens with two attached hydrogens (primary N) is 1. The van der Waals surface area contributed by atoms with Crippen LogP contribution in [-0.4, -0.2) is 17.8 Å². The second-order valence-corrected chi connectivity index (χ2v) is 5.48. The van der Waals surface area contributed by atoms with E-state index in [9.17, 15) is 14.4 Å². The molecule has 0 aromatic heterocycles. The summed E-state index contributed by atoms with van der Waals surface area (Å²) in [6.07, 6.45) is 0.0421. The number of amides is 4. The van der Waals surface area contributed by atoms with Crippen LogP contribution in [0.3, 0.4) is 0 Å². The monoisotopic (exact) mass is 340 g/mol. The maximum Gasteiger partial charge on any atom is 0.312 e. The Labute approximate surface area is 145 Å². The van der Waals surface area contributed by atoms with Crippen LogP contribution in [0.5, 0.6) is 0 Å². The number of primary amides is 1. The summed E-state index contributed by atoms with van der Waals surface area (Å²) in [5.74, 6) is -0.435. The van der Waals surface area contributed by atoms with Gasteiger partial charge in [0.2, 0.25) is 11.8 Å². The number of hydrogen-bond donors (Lipinski definition) is 4. The third-order valence-electron chi connectivity index (χ3n) is 3.40. The van der Waals surface area contributed by atoms with E-state index in [4.69, 9.17) is 5.73 Å². The first-order chi connectivity index (χ1) is 11.9. The Morgan fingerprint density at radius 3 is 2.00 bits per heavy atom. The first kappa shape index (κ1) is 18.0. The number of urea groups is 1. The van der Waals surface area contributed by atoms with Gasteiger partial charge in [0, 0.05) is 18.3 Å². The largest absolute Gasteiger partial charge is 0.352 e. The molecule has 2 aromatic carbocycles. The maximum absolute atomic E-state index is 12.3. The molecule has 5 N–H and O–H groups in total. The van der Waals surface area contributed by atoms with Gasteiger partial charge in [-0.05, 0) is 29.8 Å². The van der Waals surface area contributed by atoms with Gasteiger partial charge in [0.25, 0.3) is 0 Å². The maximum atomic E-state index is 12.3. The number of rotatable bonds is 6. The molecule has 2 aromatic rings. The third-order valence-corrected chi connectivity index (χ3v) is 3.40. The molecular weight excluding hydrogens is 320 g/mol. The Morgan fingerprint density at radius 2 is 1.48 bits per heavy atom. The smallest absolute Gasteiger partial charge is 0.312 e. The van der Waals surface area contributed by atoms with Gasteiger partial charge >= 0.3 is 6.03 Å². The Balaban J connectivity index is 2.01. The summed E-state index contributed by atoms with van der Waals surface area (Å²) in [6, 6.07) is 14.7. The van der Waals surface area contributed by atoms with Crippen LogP contribution in [0, 0.1) is 0 Å². The zero-order valence-corrected chi connectivity index (χ0v) is 13.8. The molecule has 0 saturated heterocycles. The molecule has 0 aliphatic heterocycles. The zero-order valence-electron chi connectivity index (χ0n) is 13.8. The number of nitrogens with one attached hydrogen (secondary N) is 3. The summed E-state index contributed by atoms with van der Waals surface area (Å²) >= 11 is 0. The lowest BCUT2D eigenvalue weighted by Crippen LogP contribution is -2.35. The number of anilines is 2. The number of carbonyl (C=O) groups is 3. The topological polar surface area (TPSA) is 113 Å². The van der Waals surface area contributed by atoms with Crippen LogP contribution in [0.15, 0.2) is 54.6 Å². The van der Waals surface area contributed by atoms with Gasteiger partial charge in [-0.25, -0.2) is 4.79 Å². The van der Waals surface area contributed by atoms with Crippen molar-refractivity contribution in [3.05, 3.63) is 60.2 Å². The molecule has 1 atom stereocenters. The summed E-state index contributed by atoms with van der Waals surface area (Å²) in [5, 5.41) is 7.97. The van der Waals surface area contributed by atoms with E-state index in [0.717, 1.165) is 5.56 Å². The Bertz CT molecular complexity index is 745. The highest BCUT2D eigenvalue weighted by Crippen LogP contribution is 2.18. The van der Waals surface area contributed by atoms with Crippen molar-refractivity contribution in [2.75, 3.05) is 10.6 Å². The quantitative estimate of drug-likeness (QED) is 0.647. The SMILES string of the molecule is CC(=O)Nc1ccc(NC(=O)CC(NC(N)=O)c2ccccc2)cc1. The van der Waals surface area contributed by atoms with Crippen LogP contribution in [0.2, 0.25) is 0 Å². The van der Waals surface area contributed by atoms with E-state index in [-0.39, 0.29) is 18.2 Å². The van der Waals surface area contributed by atoms with Crippen molar-refractivity contribution in [3.63, 3.8) is 0 Å². The van der Waals surface area contributed by atoms with Crippen molar-refractivity contribution in [1.29, 1.82) is 0 Å². The lowest BCUT2D eigenvalue weighted by molar-refractivity contribution is -0.116. The number of hydrogen-bond acceptors (Lipinski definition) is 3. The predicted octanol–water partition coefficient (Wildman–Crippen LogP) is 2.38. The van der Waals surface area contributed by atoms with Gasteiger partial charge < -0.3 is 21.7 Å². The highest BCUT2D eigenvalue weighted by Gasteiger charge is 2.17. The predicted molar refractivity (Wildman–Crippen MR) is 95.9 cm³/mol. The molecule has 25 heavy (non-hydrogen) atoms. The van der Waals surface area contributed by atoms with Crippen molar-refractivity contribution in [2.45, 2.75) is 19.4 Å². The average Bonchev–Trinajstić information content (AvgIpc) is 2.56. The molecular formula is C18H20N4O3. The highest BCUT2D eigenvalue weighted by molar-refractivity contribution is 5.92. The van der Waals surface area contributed by atoms with Crippen molar-refractivity contribution in [1.82, 2.24) is 5.32 Å². The molecule has 7 heteroatoms. The lowest BCUT2D eigenvalue weighted by atomic mass is 10.0. The van der Waals surface area contributed by atoms with E-state index in [2.05, 4.69) is 16.0 Å². The van der Waals surface area contributed by atoms with Crippen LogP contribution in [0.4, 0.5) is 16.2 Å². The van der Waals surface area contributed by atoms with E-state index in [1.807, 2.05) is 30.3 Å². The van der Waals surface area contributed by atoms with Crippen LogP contribution in [0.1, 0.15) is 24.9 Å². The second-order valence-electron chi connectivity index (χ2n) is 5.48. The molecule has 7 nitrogen and oxygen atoms in total. The van der Waals surface area contributed by atoms with Crippen LogP contribution < -0.4 is 21.7 Å². The highest BCUT2D eigenvalue weighted by atomic mass is 16.2. The molecule has 0 aliphatic carbocycles. The van der Waals surface area contributed by atoms with E-state index >= 15 is 0 Å². The average molecular weight is 340 g/mol. The Morgan fingerprint density at radius 1 is 0.920 bits per heavy atom. The Hall–Kier alpha value is -3.35. The van der Waals surface area contributed by atoms with Crippen LogP contribution in [-0.2, 0) is 9.59 Å². The van der Waals surface area contributed by atoms with Gasteiger partial charge in [-0.15, -0.1) is 0 Å². The molecule has 4 amide bonds. The minimum atomic E-state index is -0.693. The summed E-state index contributed by atoms with van der Waals surface area (Å²) < 4.78 is 0. The normalized spacial score (nSPS) is 11.2. The molecule has 0 radical (unpaired) electrons. The first-order valence-electron chi connectivity index (χ1n) is 7.72. The molecule has 0 aliphatic rings. The molecule has 0 bridgehead atoms. The second kappa shape index (κ2) is 8.49. The van der Waals surface area contributed by atoms with Crippen molar-refractivity contribution >= 4 is 29.2 Å². The fourth-order valence-electron chi connectivity index (χ4n) is 2.35. The summed E-state index contributed by atoms with van der Waals surface area (Å²) in [4.78, 5) is 34.5. The lowest BCUT2D eigenvalue weighted by Gasteiger charge is -2.17. The minimum absolute atomic E-state index is 0.0421. The van der Waals surface area contributed by atoms with Crippen LogP contribution in [0.25, 0.3) is 0 Å². The van der Waals surface area contributed by atoms with Crippen LogP contribution >= 0.6 is 0 Å². The van der Waals surface area contributed by atoms with Gasteiger partial charge in [-0.2, -0.15) is 0 Å². The molecule has 0 saturated carbocycles. The molecule has 130 valence electrons. The fourth-order valence-corrected chi connectivity index (χ4v) is 2.35. The molecule has 0 fully saturated rings. The molecule has 0 heterocycles.